The van der Waals surface area contributed by atoms with E-state index in [2.05, 4.69) is 35.8 Å². The van der Waals surface area contributed by atoms with E-state index >= 15 is 0 Å². The number of likely N-dealkylation sites (tertiary alicyclic amines) is 1. The quantitative estimate of drug-likeness (QED) is 0.301. The third-order valence-electron chi connectivity index (χ3n) is 3.05. The molecule has 0 aromatic carbocycles. The molecule has 1 heterocycles. The van der Waals surface area contributed by atoms with Crippen molar-refractivity contribution < 1.29 is 9.47 Å². The second-order valence-corrected chi connectivity index (χ2v) is 4.84. The largest absolute Gasteiger partial charge is 0.382 e. The third-order valence-corrected chi connectivity index (χ3v) is 3.05. The van der Waals surface area contributed by atoms with Crippen LogP contribution in [0.4, 0.5) is 0 Å². The number of methoxy groups -OCH3 is 1. The van der Waals surface area contributed by atoms with Crippen LogP contribution in [0.2, 0.25) is 0 Å². The molecule has 1 aliphatic rings. The molecule has 0 aromatic rings. The first-order valence-corrected chi connectivity index (χ1v) is 6.72. The summed E-state index contributed by atoms with van der Waals surface area (Å²) in [6.45, 7) is 7.23. The summed E-state index contributed by atoms with van der Waals surface area (Å²) in [7, 11) is 5.80. The topological polar surface area (TPSA) is 37.3 Å². The number of halogens is 1. The standard InChI is InChI=1S/C13H27N3O2.HI/c1-5-14-13(15(2)3)16-7-6-12(10-16)11-18-9-8-17-4;/h12H,5-11H2,1-4H3;1H. The molecule has 6 heteroatoms. The highest BCUT2D eigenvalue weighted by Crippen LogP contribution is 2.17. The lowest BCUT2D eigenvalue weighted by Crippen LogP contribution is -2.39. The molecule has 1 unspecified atom stereocenters. The van der Waals surface area contributed by atoms with Gasteiger partial charge in [0, 0.05) is 46.8 Å². The highest BCUT2D eigenvalue weighted by molar-refractivity contribution is 14.0. The van der Waals surface area contributed by atoms with E-state index in [1.807, 2.05) is 0 Å². The molecule has 0 spiro atoms. The van der Waals surface area contributed by atoms with Gasteiger partial charge < -0.3 is 19.3 Å². The van der Waals surface area contributed by atoms with Crippen molar-refractivity contribution in [2.75, 3.05) is 60.7 Å². The molecule has 1 aliphatic heterocycles. The van der Waals surface area contributed by atoms with E-state index in [9.17, 15) is 0 Å². The van der Waals surface area contributed by atoms with Crippen molar-refractivity contribution >= 4 is 29.9 Å². The number of aliphatic imine (C=N–C) groups is 1. The van der Waals surface area contributed by atoms with Crippen LogP contribution < -0.4 is 0 Å². The molecule has 1 rings (SSSR count). The molecule has 0 bridgehead atoms. The Bertz CT molecular complexity index is 262. The fourth-order valence-corrected chi connectivity index (χ4v) is 2.21. The van der Waals surface area contributed by atoms with Gasteiger partial charge in [0.25, 0.3) is 0 Å². The summed E-state index contributed by atoms with van der Waals surface area (Å²) in [6, 6.07) is 0. The van der Waals surface area contributed by atoms with Gasteiger partial charge in [-0.25, -0.2) is 0 Å². The molecule has 114 valence electrons. The molecular formula is C13H28IN3O2. The van der Waals surface area contributed by atoms with Crippen LogP contribution in [0.15, 0.2) is 4.99 Å². The molecule has 5 nitrogen and oxygen atoms in total. The lowest BCUT2D eigenvalue weighted by Gasteiger charge is -2.26. The first-order valence-electron chi connectivity index (χ1n) is 6.72. The van der Waals surface area contributed by atoms with E-state index < -0.39 is 0 Å². The maximum atomic E-state index is 5.60. The molecule has 1 fully saturated rings. The zero-order chi connectivity index (χ0) is 13.4. The molecule has 1 atom stereocenters. The smallest absolute Gasteiger partial charge is 0.196 e. The van der Waals surface area contributed by atoms with Gasteiger partial charge in [-0.2, -0.15) is 0 Å². The molecule has 19 heavy (non-hydrogen) atoms. The maximum Gasteiger partial charge on any atom is 0.196 e. The van der Waals surface area contributed by atoms with Crippen LogP contribution in [-0.4, -0.2) is 76.4 Å². The Hall–Kier alpha value is -0.0800. The van der Waals surface area contributed by atoms with Crippen LogP contribution in [0.25, 0.3) is 0 Å². The van der Waals surface area contributed by atoms with Crippen LogP contribution in [0, 0.1) is 5.92 Å². The van der Waals surface area contributed by atoms with E-state index in [1.165, 1.54) is 6.42 Å². The van der Waals surface area contributed by atoms with E-state index in [0.717, 1.165) is 32.2 Å². The Morgan fingerprint density at radius 3 is 2.68 bits per heavy atom. The molecule has 0 amide bonds. The Kier molecular flexibility index (Phi) is 10.6. The summed E-state index contributed by atoms with van der Waals surface area (Å²) in [5, 5.41) is 0. The van der Waals surface area contributed by atoms with Gasteiger partial charge in [0.15, 0.2) is 5.96 Å². The first kappa shape index (κ1) is 18.9. The zero-order valence-corrected chi connectivity index (χ0v) is 14.9. The highest BCUT2D eigenvalue weighted by Gasteiger charge is 2.25. The molecular weight excluding hydrogens is 357 g/mol. The molecule has 1 saturated heterocycles. The third kappa shape index (κ3) is 6.76. The molecule has 0 radical (unpaired) electrons. The lowest BCUT2D eigenvalue weighted by atomic mass is 10.1. The van der Waals surface area contributed by atoms with Crippen LogP contribution in [0.3, 0.4) is 0 Å². The number of hydrogen-bond acceptors (Lipinski definition) is 3. The summed E-state index contributed by atoms with van der Waals surface area (Å²) >= 11 is 0. The normalized spacial score (nSPS) is 19.5. The summed E-state index contributed by atoms with van der Waals surface area (Å²) < 4.78 is 10.6. The van der Waals surface area contributed by atoms with Crippen LogP contribution in [0.5, 0.6) is 0 Å². The number of rotatable bonds is 6. The Labute approximate surface area is 134 Å². The number of hydrogen-bond donors (Lipinski definition) is 0. The van der Waals surface area contributed by atoms with Gasteiger partial charge in [0.2, 0.25) is 0 Å². The summed E-state index contributed by atoms with van der Waals surface area (Å²) in [5.41, 5.74) is 0. The van der Waals surface area contributed by atoms with Crippen LogP contribution in [-0.2, 0) is 9.47 Å². The first-order chi connectivity index (χ1) is 8.69. The van der Waals surface area contributed by atoms with Gasteiger partial charge in [-0.3, -0.25) is 4.99 Å². The summed E-state index contributed by atoms with van der Waals surface area (Å²) in [4.78, 5) is 9.01. The minimum Gasteiger partial charge on any atom is -0.382 e. The van der Waals surface area contributed by atoms with E-state index in [-0.39, 0.29) is 24.0 Å². The molecule has 0 aromatic heterocycles. The Morgan fingerprint density at radius 1 is 1.37 bits per heavy atom. The molecule has 0 saturated carbocycles. The number of guanidine groups is 1. The van der Waals surface area contributed by atoms with Crippen molar-refractivity contribution in [2.45, 2.75) is 13.3 Å². The van der Waals surface area contributed by atoms with Crippen molar-refractivity contribution in [3.05, 3.63) is 0 Å². The van der Waals surface area contributed by atoms with Crippen molar-refractivity contribution in [3.63, 3.8) is 0 Å². The summed E-state index contributed by atoms with van der Waals surface area (Å²) in [5.74, 6) is 1.71. The molecule has 0 aliphatic carbocycles. The van der Waals surface area contributed by atoms with Crippen molar-refractivity contribution in [1.82, 2.24) is 9.80 Å². The number of ether oxygens (including phenoxy) is 2. The Balaban J connectivity index is 0.00000324. The minimum absolute atomic E-state index is 0. The van der Waals surface area contributed by atoms with Gasteiger partial charge in [-0.1, -0.05) is 0 Å². The summed E-state index contributed by atoms with van der Waals surface area (Å²) in [6.07, 6.45) is 1.18. The van der Waals surface area contributed by atoms with Crippen molar-refractivity contribution in [2.24, 2.45) is 10.9 Å². The lowest BCUT2D eigenvalue weighted by molar-refractivity contribution is 0.0535. The van der Waals surface area contributed by atoms with Crippen LogP contribution in [0.1, 0.15) is 13.3 Å². The van der Waals surface area contributed by atoms with E-state index in [1.54, 1.807) is 7.11 Å². The highest BCUT2D eigenvalue weighted by atomic mass is 127. The second-order valence-electron chi connectivity index (χ2n) is 4.84. The van der Waals surface area contributed by atoms with Gasteiger partial charge in [-0.05, 0) is 13.3 Å². The average molecular weight is 385 g/mol. The van der Waals surface area contributed by atoms with Crippen molar-refractivity contribution in [1.29, 1.82) is 0 Å². The van der Waals surface area contributed by atoms with Gasteiger partial charge in [0.1, 0.15) is 0 Å². The number of nitrogens with zero attached hydrogens (tertiary/aromatic N) is 3. The fraction of sp³-hybridized carbons (Fsp3) is 0.923. The van der Waals surface area contributed by atoms with Gasteiger partial charge in [0.05, 0.1) is 19.8 Å². The minimum atomic E-state index is 0. The van der Waals surface area contributed by atoms with Gasteiger partial charge >= 0.3 is 0 Å². The van der Waals surface area contributed by atoms with Crippen LogP contribution >= 0.6 is 24.0 Å². The SMILES string of the molecule is CCN=C(N(C)C)N1CCC(COCCOC)C1.I. The monoisotopic (exact) mass is 385 g/mol. The van der Waals surface area contributed by atoms with Gasteiger partial charge in [-0.15, -0.1) is 24.0 Å². The predicted octanol–water partition coefficient (Wildman–Crippen LogP) is 1.53. The molecule has 0 N–H and O–H groups in total. The zero-order valence-electron chi connectivity index (χ0n) is 12.6. The van der Waals surface area contributed by atoms with E-state index in [4.69, 9.17) is 9.47 Å². The van der Waals surface area contributed by atoms with E-state index in [0.29, 0.717) is 19.1 Å². The van der Waals surface area contributed by atoms with Crippen molar-refractivity contribution in [3.8, 4) is 0 Å². The average Bonchev–Trinajstić information content (AvgIpc) is 2.79. The maximum absolute atomic E-state index is 5.60. The fourth-order valence-electron chi connectivity index (χ4n) is 2.21. The Morgan fingerprint density at radius 2 is 2.11 bits per heavy atom. The predicted molar refractivity (Wildman–Crippen MR) is 89.5 cm³/mol. The second kappa shape index (κ2) is 10.7.